The van der Waals surface area contributed by atoms with Gasteiger partial charge in [-0.1, -0.05) is 58.6 Å². The van der Waals surface area contributed by atoms with Crippen molar-refractivity contribution in [3.8, 4) is 0 Å². The van der Waals surface area contributed by atoms with Crippen molar-refractivity contribution in [2.75, 3.05) is 6.54 Å². The van der Waals surface area contributed by atoms with Crippen LogP contribution < -0.4 is 0 Å². The summed E-state index contributed by atoms with van der Waals surface area (Å²) in [5.41, 5.74) is 1.90. The van der Waals surface area contributed by atoms with Crippen LogP contribution in [0.3, 0.4) is 0 Å². The average Bonchev–Trinajstić information content (AvgIpc) is 2.38. The van der Waals surface area contributed by atoms with E-state index in [1.807, 2.05) is 0 Å². The number of rotatable bonds is 1. The molecule has 2 aliphatic rings. The Kier molecular flexibility index (Phi) is 4.53. The Morgan fingerprint density at radius 2 is 1.83 bits per heavy atom. The number of fused-ring (bicyclic) bond motifs is 1. The molecule has 0 radical (unpaired) electrons. The number of hydrogen-bond acceptors (Lipinski definition) is 1. The molecule has 0 bridgehead atoms. The Morgan fingerprint density at radius 3 is 2.61 bits per heavy atom. The lowest BCUT2D eigenvalue weighted by atomic mass is 9.87. The fourth-order valence-corrected chi connectivity index (χ4v) is 3.08. The Hall–Kier alpha value is -0.720. The number of allylic oxidation sites excluding steroid dienone is 2. The summed E-state index contributed by atoms with van der Waals surface area (Å²) in [6, 6.07) is 0.673. The number of hydrogen-bond donors (Lipinski definition) is 0. The molecule has 0 saturated carbocycles. The van der Waals surface area contributed by atoms with Gasteiger partial charge in [-0.05, 0) is 30.3 Å². The molecule has 102 valence electrons. The molecule has 2 aliphatic heterocycles. The molecule has 2 rings (SSSR count). The molecule has 0 aromatic carbocycles. The minimum absolute atomic E-state index is 0.392. The van der Waals surface area contributed by atoms with Crippen molar-refractivity contribution < 1.29 is 0 Å². The van der Waals surface area contributed by atoms with Crippen molar-refractivity contribution in [2.24, 2.45) is 5.41 Å². The van der Waals surface area contributed by atoms with E-state index in [0.29, 0.717) is 11.5 Å². The predicted molar refractivity (Wildman–Crippen MR) is 79.5 cm³/mol. The molecule has 1 heteroatoms. The highest BCUT2D eigenvalue weighted by Gasteiger charge is 2.20. The third-order valence-corrected chi connectivity index (χ3v) is 3.94. The zero-order valence-electron chi connectivity index (χ0n) is 12.4. The fraction of sp³-hybridized carbons (Fsp3) is 0.765. The molecular formula is C17H29N. The fourth-order valence-electron chi connectivity index (χ4n) is 3.08. The monoisotopic (exact) mass is 247 g/mol. The van der Waals surface area contributed by atoms with E-state index in [-0.39, 0.29) is 0 Å². The average molecular weight is 247 g/mol. The van der Waals surface area contributed by atoms with Crippen LogP contribution in [-0.4, -0.2) is 17.5 Å². The minimum Gasteiger partial charge on any atom is -0.371 e. The van der Waals surface area contributed by atoms with Crippen LogP contribution in [0.4, 0.5) is 0 Å². The molecule has 1 atom stereocenters. The Labute approximate surface area is 113 Å². The van der Waals surface area contributed by atoms with E-state index in [1.165, 1.54) is 57.1 Å². The highest BCUT2D eigenvalue weighted by Crippen LogP contribution is 2.29. The van der Waals surface area contributed by atoms with Crippen LogP contribution in [0, 0.1) is 5.41 Å². The molecule has 0 aromatic rings. The smallest absolute Gasteiger partial charge is 0.0470 e. The first-order chi connectivity index (χ1) is 8.54. The summed E-state index contributed by atoms with van der Waals surface area (Å²) in [4.78, 5) is 2.60. The van der Waals surface area contributed by atoms with Gasteiger partial charge >= 0.3 is 0 Å². The van der Waals surface area contributed by atoms with Gasteiger partial charge in [-0.2, -0.15) is 0 Å². The van der Waals surface area contributed by atoms with E-state index >= 15 is 0 Å². The lowest BCUT2D eigenvalue weighted by Crippen LogP contribution is -2.32. The summed E-state index contributed by atoms with van der Waals surface area (Å²) in [5.74, 6) is 0. The van der Waals surface area contributed by atoms with Gasteiger partial charge in [-0.25, -0.2) is 0 Å². The normalized spacial score (nSPS) is 25.8. The summed E-state index contributed by atoms with van der Waals surface area (Å²) in [7, 11) is 0. The van der Waals surface area contributed by atoms with Gasteiger partial charge < -0.3 is 4.90 Å². The van der Waals surface area contributed by atoms with Crippen LogP contribution in [0.15, 0.2) is 23.9 Å². The third-order valence-electron chi connectivity index (χ3n) is 3.94. The summed E-state index contributed by atoms with van der Waals surface area (Å²) >= 11 is 0. The lowest BCUT2D eigenvalue weighted by molar-refractivity contribution is 0.293. The second-order valence-corrected chi connectivity index (χ2v) is 7.16. The van der Waals surface area contributed by atoms with E-state index in [9.17, 15) is 0 Å². The second-order valence-electron chi connectivity index (χ2n) is 7.16. The van der Waals surface area contributed by atoms with E-state index in [2.05, 4.69) is 44.0 Å². The largest absolute Gasteiger partial charge is 0.371 e. The Morgan fingerprint density at radius 1 is 1.11 bits per heavy atom. The van der Waals surface area contributed by atoms with Gasteiger partial charge in [0.15, 0.2) is 0 Å². The topological polar surface area (TPSA) is 3.24 Å². The van der Waals surface area contributed by atoms with Crippen molar-refractivity contribution in [2.45, 2.75) is 71.8 Å². The van der Waals surface area contributed by atoms with Gasteiger partial charge in [0.05, 0.1) is 0 Å². The van der Waals surface area contributed by atoms with E-state index in [4.69, 9.17) is 0 Å². The van der Waals surface area contributed by atoms with Crippen molar-refractivity contribution >= 4 is 0 Å². The quantitative estimate of drug-likeness (QED) is 0.637. The molecule has 0 aliphatic carbocycles. The van der Waals surface area contributed by atoms with Gasteiger partial charge in [0.1, 0.15) is 0 Å². The highest BCUT2D eigenvalue weighted by molar-refractivity contribution is 5.25. The van der Waals surface area contributed by atoms with E-state index in [1.54, 1.807) is 0 Å². The summed E-state index contributed by atoms with van der Waals surface area (Å²) < 4.78 is 0. The van der Waals surface area contributed by atoms with Crippen LogP contribution in [0.2, 0.25) is 0 Å². The molecule has 2 heterocycles. The second kappa shape index (κ2) is 5.95. The van der Waals surface area contributed by atoms with E-state index < -0.39 is 0 Å². The lowest BCUT2D eigenvalue weighted by Gasteiger charge is -2.33. The Balaban J connectivity index is 2.02. The molecule has 1 nitrogen and oxygen atoms in total. The van der Waals surface area contributed by atoms with Crippen molar-refractivity contribution in [1.29, 1.82) is 0 Å². The van der Waals surface area contributed by atoms with Gasteiger partial charge in [-0.15, -0.1) is 0 Å². The molecule has 0 spiro atoms. The zero-order valence-corrected chi connectivity index (χ0v) is 12.4. The predicted octanol–water partition coefficient (Wildman–Crippen LogP) is 4.90. The molecule has 1 fully saturated rings. The first-order valence-electron chi connectivity index (χ1n) is 7.69. The Bertz CT molecular complexity index is 319. The summed E-state index contributed by atoms with van der Waals surface area (Å²) in [6.07, 6.45) is 16.8. The van der Waals surface area contributed by atoms with Gasteiger partial charge in [-0.3, -0.25) is 0 Å². The molecular weight excluding hydrogens is 218 g/mol. The maximum atomic E-state index is 2.60. The van der Waals surface area contributed by atoms with Crippen molar-refractivity contribution in [1.82, 2.24) is 4.90 Å². The maximum absolute atomic E-state index is 2.60. The number of nitrogens with zero attached hydrogens (tertiary/aromatic N) is 1. The van der Waals surface area contributed by atoms with Crippen LogP contribution >= 0.6 is 0 Å². The zero-order chi connectivity index (χ0) is 13.0. The molecule has 0 amide bonds. The third kappa shape index (κ3) is 4.19. The molecule has 0 N–H and O–H groups in total. The summed E-state index contributed by atoms with van der Waals surface area (Å²) in [5, 5.41) is 0. The maximum Gasteiger partial charge on any atom is 0.0470 e. The van der Waals surface area contributed by atoms with Crippen LogP contribution in [0.25, 0.3) is 0 Å². The molecule has 1 unspecified atom stereocenters. The first-order valence-corrected chi connectivity index (χ1v) is 7.69. The molecule has 1 saturated heterocycles. The molecule has 18 heavy (non-hydrogen) atoms. The van der Waals surface area contributed by atoms with E-state index in [0.717, 1.165) is 0 Å². The van der Waals surface area contributed by atoms with Crippen LogP contribution in [0.1, 0.15) is 65.7 Å². The van der Waals surface area contributed by atoms with Crippen molar-refractivity contribution in [3.05, 3.63) is 23.9 Å². The van der Waals surface area contributed by atoms with Crippen LogP contribution in [0.5, 0.6) is 0 Å². The van der Waals surface area contributed by atoms with Crippen LogP contribution in [-0.2, 0) is 0 Å². The minimum atomic E-state index is 0.392. The SMILES string of the molecule is CC(C)(C)CC1=CN2CCCCCCCC2C=C1. The van der Waals surface area contributed by atoms with Gasteiger partial charge in [0, 0.05) is 18.8 Å². The first kappa shape index (κ1) is 13.7. The summed E-state index contributed by atoms with van der Waals surface area (Å²) in [6.45, 7) is 8.23. The molecule has 0 aromatic heterocycles. The highest BCUT2D eigenvalue weighted by atomic mass is 15.1. The van der Waals surface area contributed by atoms with Crippen molar-refractivity contribution in [3.63, 3.8) is 0 Å². The van der Waals surface area contributed by atoms with Gasteiger partial charge in [0.25, 0.3) is 0 Å². The standard InChI is InChI=1S/C17H29N/c1-17(2,3)13-15-10-11-16-9-7-5-4-6-8-12-18(16)14-15/h10-11,14,16H,4-9,12-13H2,1-3H3. The van der Waals surface area contributed by atoms with Gasteiger partial charge in [0.2, 0.25) is 0 Å².